The molecule has 0 aliphatic heterocycles. The number of thiazole rings is 1. The van der Waals surface area contributed by atoms with Gasteiger partial charge in [0, 0.05) is 16.0 Å². The quantitative estimate of drug-likeness (QED) is 0.654. The van der Waals surface area contributed by atoms with Crippen LogP contribution in [0.4, 0.5) is 0 Å². The van der Waals surface area contributed by atoms with Crippen molar-refractivity contribution < 1.29 is 9.53 Å². The van der Waals surface area contributed by atoms with Crippen LogP contribution >= 0.6 is 22.7 Å². The summed E-state index contributed by atoms with van der Waals surface area (Å²) in [5, 5.41) is 1.81. The van der Waals surface area contributed by atoms with Gasteiger partial charge in [0.05, 0.1) is 6.54 Å². The van der Waals surface area contributed by atoms with Crippen LogP contribution in [0.3, 0.4) is 0 Å². The third-order valence-electron chi connectivity index (χ3n) is 4.46. The van der Waals surface area contributed by atoms with Crippen LogP contribution in [0.25, 0.3) is 10.4 Å². The molecule has 0 saturated carbocycles. The molecule has 0 unspecified atom stereocenters. The van der Waals surface area contributed by atoms with Gasteiger partial charge in [-0.2, -0.15) is 0 Å². The molecule has 25 heavy (non-hydrogen) atoms. The molecule has 0 amide bonds. The van der Waals surface area contributed by atoms with Gasteiger partial charge in [0.1, 0.15) is 11.5 Å². The van der Waals surface area contributed by atoms with Gasteiger partial charge in [-0.1, -0.05) is 35.6 Å². The highest BCUT2D eigenvalue weighted by Gasteiger charge is 2.22. The summed E-state index contributed by atoms with van der Waals surface area (Å²) in [5.74, 6) is -0.308. The molecule has 0 bridgehead atoms. The maximum Gasteiger partial charge on any atom is 0.348 e. The second-order valence-electron chi connectivity index (χ2n) is 6.05. The Bertz CT molecular complexity index is 996. The first-order chi connectivity index (χ1) is 12.1. The molecular weight excluding hydrogens is 354 g/mol. The summed E-state index contributed by atoms with van der Waals surface area (Å²) in [5.41, 5.74) is 4.69. The van der Waals surface area contributed by atoms with Crippen LogP contribution in [-0.2, 0) is 24.1 Å². The number of esters is 1. The zero-order chi connectivity index (χ0) is 17.4. The Balaban J connectivity index is 1.47. The first-order valence-corrected chi connectivity index (χ1v) is 9.86. The first kappa shape index (κ1) is 16.3. The van der Waals surface area contributed by atoms with Gasteiger partial charge < -0.3 is 4.74 Å². The number of nitrogens with zero attached hydrogens (tertiary/aromatic N) is 1. The number of ether oxygens (including phenoxy) is 1. The number of thiophene rings is 1. The van der Waals surface area contributed by atoms with Crippen LogP contribution in [0.5, 0.6) is 0 Å². The van der Waals surface area contributed by atoms with E-state index in [1.807, 2.05) is 24.4 Å². The van der Waals surface area contributed by atoms with Crippen LogP contribution in [0.2, 0.25) is 0 Å². The van der Waals surface area contributed by atoms with Gasteiger partial charge in [-0.25, -0.2) is 4.79 Å². The van der Waals surface area contributed by atoms with Gasteiger partial charge in [0.2, 0.25) is 0 Å². The van der Waals surface area contributed by atoms with Crippen molar-refractivity contribution >= 4 is 28.6 Å². The predicted molar refractivity (Wildman–Crippen MR) is 101 cm³/mol. The van der Waals surface area contributed by atoms with Crippen molar-refractivity contribution in [2.75, 3.05) is 6.61 Å². The largest absolute Gasteiger partial charge is 0.460 e. The second kappa shape index (κ2) is 6.61. The average molecular weight is 371 g/mol. The molecule has 6 heteroatoms. The lowest BCUT2D eigenvalue weighted by Crippen LogP contribution is -2.19. The lowest BCUT2D eigenvalue weighted by molar-refractivity contribution is 0.0496. The average Bonchev–Trinajstić information content (AvgIpc) is 3.20. The molecular formula is C19H17NO3S2. The molecule has 0 radical (unpaired) electrons. The van der Waals surface area contributed by atoms with Gasteiger partial charge in [-0.3, -0.25) is 9.36 Å². The van der Waals surface area contributed by atoms with Crippen molar-refractivity contribution in [2.24, 2.45) is 0 Å². The van der Waals surface area contributed by atoms with Crippen LogP contribution < -0.4 is 4.87 Å². The van der Waals surface area contributed by atoms with Gasteiger partial charge in [-0.15, -0.1) is 11.3 Å². The number of rotatable bonds is 4. The van der Waals surface area contributed by atoms with E-state index < -0.39 is 0 Å². The van der Waals surface area contributed by atoms with E-state index in [0.717, 1.165) is 18.5 Å². The van der Waals surface area contributed by atoms with Crippen LogP contribution in [0.15, 0.2) is 40.5 Å². The van der Waals surface area contributed by atoms with Crippen molar-refractivity contribution in [2.45, 2.75) is 26.3 Å². The molecule has 2 aromatic heterocycles. The number of carbonyl (C=O) groups is 1. The highest BCUT2D eigenvalue weighted by atomic mass is 32.1. The normalized spacial score (nSPS) is 12.5. The van der Waals surface area contributed by atoms with E-state index in [1.165, 1.54) is 44.2 Å². The van der Waals surface area contributed by atoms with E-state index in [9.17, 15) is 9.59 Å². The van der Waals surface area contributed by atoms with E-state index in [2.05, 4.69) is 18.2 Å². The Labute approximate surface area is 153 Å². The van der Waals surface area contributed by atoms with Crippen LogP contribution in [0, 0.1) is 6.92 Å². The van der Waals surface area contributed by atoms with Crippen molar-refractivity contribution in [1.82, 2.24) is 4.57 Å². The molecule has 1 aliphatic carbocycles. The van der Waals surface area contributed by atoms with E-state index in [0.29, 0.717) is 11.4 Å². The Morgan fingerprint density at radius 2 is 2.04 bits per heavy atom. The molecule has 0 fully saturated rings. The fraction of sp³-hybridized carbons (Fsp3) is 0.263. The molecule has 1 aliphatic rings. The first-order valence-electron chi connectivity index (χ1n) is 8.16. The Hall–Kier alpha value is -2.18. The van der Waals surface area contributed by atoms with Gasteiger partial charge in [0.15, 0.2) is 0 Å². The lowest BCUT2D eigenvalue weighted by Gasteiger charge is -2.15. The summed E-state index contributed by atoms with van der Waals surface area (Å²) < 4.78 is 7.03. The van der Waals surface area contributed by atoms with Gasteiger partial charge in [-0.05, 0) is 42.5 Å². The Morgan fingerprint density at radius 3 is 2.84 bits per heavy atom. The molecule has 0 N–H and O–H groups in total. The minimum Gasteiger partial charge on any atom is -0.460 e. The monoisotopic (exact) mass is 371 g/mol. The maximum absolute atomic E-state index is 12.4. The lowest BCUT2D eigenvalue weighted by atomic mass is 9.91. The van der Waals surface area contributed by atoms with Crippen molar-refractivity contribution in [3.63, 3.8) is 0 Å². The molecule has 2 heterocycles. The number of benzene rings is 1. The van der Waals surface area contributed by atoms with Crippen molar-refractivity contribution in [3.8, 4) is 10.4 Å². The second-order valence-corrected chi connectivity index (χ2v) is 7.93. The number of aryl methyl sites for hydroxylation is 3. The van der Waals surface area contributed by atoms with E-state index in [-0.39, 0.29) is 17.4 Å². The fourth-order valence-corrected chi connectivity index (χ4v) is 5.07. The maximum atomic E-state index is 12.4. The zero-order valence-corrected chi connectivity index (χ0v) is 15.4. The summed E-state index contributed by atoms with van der Waals surface area (Å²) in [7, 11) is 0. The number of carbonyl (C=O) groups excluding carboxylic acids is 1. The number of fused-ring (bicyclic) bond motifs is 3. The third-order valence-corrected chi connectivity index (χ3v) is 6.53. The smallest absolute Gasteiger partial charge is 0.348 e. The highest BCUT2D eigenvalue weighted by Crippen LogP contribution is 2.39. The number of hydrogen-bond donors (Lipinski definition) is 0. The Morgan fingerprint density at radius 1 is 1.24 bits per heavy atom. The predicted octanol–water partition coefficient (Wildman–Crippen LogP) is 3.90. The Kier molecular flexibility index (Phi) is 4.31. The summed E-state index contributed by atoms with van der Waals surface area (Å²) in [6, 6.07) is 10.3. The number of aromatic nitrogens is 1. The summed E-state index contributed by atoms with van der Waals surface area (Å²) in [6.07, 6.45) is 1.97. The van der Waals surface area contributed by atoms with Crippen LogP contribution in [0.1, 0.15) is 26.5 Å². The molecule has 4 nitrogen and oxygen atoms in total. The SMILES string of the molecule is Cc1csc(=O)n1CCOC(=O)c1cc2c(s1)-c1ccccc1CC2. The molecule has 3 aromatic rings. The van der Waals surface area contributed by atoms with E-state index >= 15 is 0 Å². The highest BCUT2D eigenvalue weighted by molar-refractivity contribution is 7.17. The molecule has 0 atom stereocenters. The van der Waals surface area contributed by atoms with Crippen molar-refractivity contribution in [1.29, 1.82) is 0 Å². The zero-order valence-electron chi connectivity index (χ0n) is 13.8. The molecule has 0 saturated heterocycles. The third kappa shape index (κ3) is 3.07. The topological polar surface area (TPSA) is 48.3 Å². The van der Waals surface area contributed by atoms with Gasteiger partial charge in [0.25, 0.3) is 0 Å². The molecule has 4 rings (SSSR count). The van der Waals surface area contributed by atoms with E-state index in [1.54, 1.807) is 4.57 Å². The van der Waals surface area contributed by atoms with Gasteiger partial charge >= 0.3 is 10.8 Å². The molecule has 128 valence electrons. The minimum atomic E-state index is -0.308. The fourth-order valence-electron chi connectivity index (χ4n) is 3.15. The minimum absolute atomic E-state index is 0.0169. The van der Waals surface area contributed by atoms with Crippen molar-refractivity contribution in [3.05, 3.63) is 67.1 Å². The summed E-state index contributed by atoms with van der Waals surface area (Å²) in [6.45, 7) is 2.48. The molecule has 1 aromatic carbocycles. The summed E-state index contributed by atoms with van der Waals surface area (Å²) >= 11 is 2.67. The number of hydrogen-bond acceptors (Lipinski definition) is 5. The molecule has 0 spiro atoms. The van der Waals surface area contributed by atoms with Crippen LogP contribution in [-0.4, -0.2) is 17.1 Å². The standard InChI is InChI=1S/C19H17NO3S2/c1-12-11-24-19(22)20(12)8-9-23-18(21)16-10-14-7-6-13-4-2-3-5-15(13)17(14)25-16/h2-5,10-11H,6-9H2,1H3. The van der Waals surface area contributed by atoms with E-state index in [4.69, 9.17) is 4.74 Å². The summed E-state index contributed by atoms with van der Waals surface area (Å²) in [4.78, 5) is 25.9.